The lowest BCUT2D eigenvalue weighted by Gasteiger charge is -1.86. The number of aromatic nitrogens is 2. The molecule has 0 bridgehead atoms. The predicted octanol–water partition coefficient (Wildman–Crippen LogP) is 2.55. The molecule has 0 aliphatic carbocycles. The molecule has 2 rings (SSSR count). The zero-order valence-electron chi connectivity index (χ0n) is 8.61. The minimum Gasteiger partial charge on any atom is -0.263 e. The van der Waals surface area contributed by atoms with Crippen LogP contribution in [0.4, 0.5) is 0 Å². The molecule has 74 valence electrons. The van der Waals surface area contributed by atoms with Crippen molar-refractivity contribution < 1.29 is 0 Å². The Bertz CT molecular complexity index is 518. The van der Waals surface area contributed by atoms with Crippen molar-refractivity contribution in [2.45, 2.75) is 13.8 Å². The highest BCUT2D eigenvalue weighted by Gasteiger charge is 2.00. The number of pyridine rings is 1. The van der Waals surface area contributed by atoms with E-state index in [4.69, 9.17) is 0 Å². The Kier molecular flexibility index (Phi) is 2.79. The van der Waals surface area contributed by atoms with Crippen molar-refractivity contribution in [3.05, 3.63) is 45.7 Å². The number of hydrogen-bond acceptors (Lipinski definition) is 3. The molecule has 0 saturated carbocycles. The van der Waals surface area contributed by atoms with E-state index in [0.29, 0.717) is 0 Å². The van der Waals surface area contributed by atoms with Crippen LogP contribution in [0, 0.1) is 25.7 Å². The molecule has 0 spiro atoms. The number of nitrogens with zero attached hydrogens (tertiary/aromatic N) is 2. The first-order valence-corrected chi connectivity index (χ1v) is 5.43. The third-order valence-corrected chi connectivity index (χ3v) is 2.78. The Labute approximate surface area is 93.0 Å². The molecule has 2 aromatic heterocycles. The molecule has 0 aromatic carbocycles. The van der Waals surface area contributed by atoms with E-state index in [1.54, 1.807) is 23.7 Å². The summed E-state index contributed by atoms with van der Waals surface area (Å²) in [4.78, 5) is 9.52. The van der Waals surface area contributed by atoms with Gasteiger partial charge >= 0.3 is 0 Å². The van der Waals surface area contributed by atoms with E-state index in [-0.39, 0.29) is 0 Å². The van der Waals surface area contributed by atoms with E-state index < -0.39 is 0 Å². The number of rotatable bonds is 0. The molecule has 2 heterocycles. The largest absolute Gasteiger partial charge is 0.263 e. The van der Waals surface area contributed by atoms with Crippen LogP contribution in [0.25, 0.3) is 0 Å². The molecule has 3 heteroatoms. The number of thiazole rings is 1. The zero-order valence-corrected chi connectivity index (χ0v) is 9.43. The SMILES string of the molecule is Cc1nc(C#Cc2cccnc2)c(C)s1. The van der Waals surface area contributed by atoms with Crippen LogP contribution in [0.2, 0.25) is 0 Å². The second-order valence-corrected chi connectivity index (χ2v) is 4.54. The average Bonchev–Trinajstić information content (AvgIpc) is 2.56. The van der Waals surface area contributed by atoms with Crippen LogP contribution in [-0.2, 0) is 0 Å². The van der Waals surface area contributed by atoms with Gasteiger partial charge in [-0.05, 0) is 31.9 Å². The molecule has 0 fully saturated rings. The second-order valence-electron chi connectivity index (χ2n) is 3.13. The summed E-state index contributed by atoms with van der Waals surface area (Å²) in [6, 6.07) is 3.82. The third kappa shape index (κ3) is 2.42. The van der Waals surface area contributed by atoms with E-state index >= 15 is 0 Å². The van der Waals surface area contributed by atoms with Crippen molar-refractivity contribution in [1.82, 2.24) is 9.97 Å². The van der Waals surface area contributed by atoms with Crippen LogP contribution in [0.3, 0.4) is 0 Å². The van der Waals surface area contributed by atoms with Crippen LogP contribution >= 0.6 is 11.3 Å². The van der Waals surface area contributed by atoms with E-state index in [9.17, 15) is 0 Å². The molecule has 0 aliphatic heterocycles. The molecule has 0 aliphatic rings. The minimum absolute atomic E-state index is 0.876. The molecule has 15 heavy (non-hydrogen) atoms. The van der Waals surface area contributed by atoms with Crippen LogP contribution in [-0.4, -0.2) is 9.97 Å². The van der Waals surface area contributed by atoms with Crippen LogP contribution in [0.15, 0.2) is 24.5 Å². The monoisotopic (exact) mass is 214 g/mol. The second kappa shape index (κ2) is 4.24. The molecule has 0 unspecified atom stereocenters. The van der Waals surface area contributed by atoms with Crippen LogP contribution < -0.4 is 0 Å². The Morgan fingerprint density at radius 1 is 1.27 bits per heavy atom. The predicted molar refractivity (Wildman–Crippen MR) is 61.8 cm³/mol. The van der Waals surface area contributed by atoms with Gasteiger partial charge in [-0.25, -0.2) is 4.98 Å². The molecule has 2 aromatic rings. The Balaban J connectivity index is 2.30. The van der Waals surface area contributed by atoms with Gasteiger partial charge in [0.1, 0.15) is 5.69 Å². The molecule has 0 N–H and O–H groups in total. The summed E-state index contributed by atoms with van der Waals surface area (Å²) in [6.07, 6.45) is 3.49. The molecular weight excluding hydrogens is 204 g/mol. The third-order valence-electron chi connectivity index (χ3n) is 1.89. The van der Waals surface area contributed by atoms with Crippen molar-refractivity contribution >= 4 is 11.3 Å². The highest BCUT2D eigenvalue weighted by molar-refractivity contribution is 7.11. The highest BCUT2D eigenvalue weighted by atomic mass is 32.1. The van der Waals surface area contributed by atoms with Gasteiger partial charge in [0.15, 0.2) is 0 Å². The molecule has 2 nitrogen and oxygen atoms in total. The topological polar surface area (TPSA) is 25.8 Å². The van der Waals surface area contributed by atoms with Crippen molar-refractivity contribution in [2.24, 2.45) is 0 Å². The summed E-state index contributed by atoms with van der Waals surface area (Å²) in [5, 5.41) is 1.06. The summed E-state index contributed by atoms with van der Waals surface area (Å²) in [6.45, 7) is 4.03. The Morgan fingerprint density at radius 3 is 2.73 bits per heavy atom. The van der Waals surface area contributed by atoms with Crippen molar-refractivity contribution in [2.75, 3.05) is 0 Å². The highest BCUT2D eigenvalue weighted by Crippen LogP contribution is 2.15. The zero-order chi connectivity index (χ0) is 10.7. The Morgan fingerprint density at radius 2 is 2.13 bits per heavy atom. The van der Waals surface area contributed by atoms with Crippen LogP contribution in [0.1, 0.15) is 21.1 Å². The quantitative estimate of drug-likeness (QED) is 0.630. The molecule has 0 amide bonds. The maximum absolute atomic E-state index is 4.35. The number of hydrogen-bond donors (Lipinski definition) is 0. The smallest absolute Gasteiger partial charge is 0.127 e. The van der Waals surface area contributed by atoms with Gasteiger partial charge in [-0.2, -0.15) is 0 Å². The van der Waals surface area contributed by atoms with Gasteiger partial charge in [-0.15, -0.1) is 11.3 Å². The van der Waals surface area contributed by atoms with Gasteiger partial charge in [0.25, 0.3) is 0 Å². The van der Waals surface area contributed by atoms with Crippen molar-refractivity contribution in [1.29, 1.82) is 0 Å². The Hall–Kier alpha value is -1.66. The van der Waals surface area contributed by atoms with Gasteiger partial charge in [-0.3, -0.25) is 4.98 Å². The average molecular weight is 214 g/mol. The van der Waals surface area contributed by atoms with Crippen molar-refractivity contribution in [3.63, 3.8) is 0 Å². The lowest BCUT2D eigenvalue weighted by molar-refractivity contribution is 1.25. The maximum atomic E-state index is 4.35. The maximum Gasteiger partial charge on any atom is 0.127 e. The van der Waals surface area contributed by atoms with E-state index in [1.165, 1.54) is 4.88 Å². The van der Waals surface area contributed by atoms with Gasteiger partial charge in [0.2, 0.25) is 0 Å². The molecule has 0 saturated heterocycles. The summed E-state index contributed by atoms with van der Waals surface area (Å²) >= 11 is 1.68. The minimum atomic E-state index is 0.876. The normalized spacial score (nSPS) is 9.47. The van der Waals surface area contributed by atoms with E-state index in [1.807, 2.05) is 26.0 Å². The summed E-state index contributed by atoms with van der Waals surface area (Å²) < 4.78 is 0. The van der Waals surface area contributed by atoms with E-state index in [2.05, 4.69) is 21.8 Å². The number of aryl methyl sites for hydroxylation is 2. The molecule has 0 radical (unpaired) electrons. The fourth-order valence-electron chi connectivity index (χ4n) is 1.21. The summed E-state index contributed by atoms with van der Waals surface area (Å²) in [7, 11) is 0. The first kappa shape index (κ1) is 9.88. The molecular formula is C12H10N2S. The first-order valence-electron chi connectivity index (χ1n) is 4.62. The molecule has 0 atom stereocenters. The van der Waals surface area contributed by atoms with E-state index in [0.717, 1.165) is 16.3 Å². The van der Waals surface area contributed by atoms with Crippen LogP contribution in [0.5, 0.6) is 0 Å². The van der Waals surface area contributed by atoms with Crippen molar-refractivity contribution in [3.8, 4) is 11.8 Å². The summed E-state index contributed by atoms with van der Waals surface area (Å²) in [5.41, 5.74) is 1.80. The fourth-order valence-corrected chi connectivity index (χ4v) is 1.99. The first-order chi connectivity index (χ1) is 7.25. The van der Waals surface area contributed by atoms with Gasteiger partial charge < -0.3 is 0 Å². The van der Waals surface area contributed by atoms with Gasteiger partial charge in [0.05, 0.1) is 5.01 Å². The van der Waals surface area contributed by atoms with Gasteiger partial charge in [-0.1, -0.05) is 5.92 Å². The standard InChI is InChI=1S/C12H10N2S/c1-9-12(14-10(2)15-9)6-5-11-4-3-7-13-8-11/h3-4,7-8H,1-2H3. The summed E-state index contributed by atoms with van der Waals surface area (Å²) in [5.74, 6) is 6.11. The lowest BCUT2D eigenvalue weighted by atomic mass is 10.3. The fraction of sp³-hybridized carbons (Fsp3) is 0.167. The van der Waals surface area contributed by atoms with Gasteiger partial charge in [0, 0.05) is 22.8 Å². The lowest BCUT2D eigenvalue weighted by Crippen LogP contribution is -1.79.